The first-order valence-electron chi connectivity index (χ1n) is 1.28. The predicted molar refractivity (Wildman–Crippen MR) is 27.2 cm³/mol. The van der Waals surface area contributed by atoms with Crippen molar-refractivity contribution in [2.24, 2.45) is 11.7 Å². The van der Waals surface area contributed by atoms with Crippen LogP contribution in [-0.4, -0.2) is 5.11 Å². The molecule has 8 heavy (non-hydrogen) atoms. The number of hydrazine groups is 2. The standard InChI is InChI=1S/CH6N4S.2Os/c2-4-1(6)5-3;;/h2-3H2,(H2,4,5,6);;. The molecule has 0 saturated heterocycles. The minimum absolute atomic E-state index is 0. The normalized spacial score (nSPS) is 5.25. The van der Waals surface area contributed by atoms with E-state index < -0.39 is 0 Å². The maximum atomic E-state index is 4.75. The summed E-state index contributed by atoms with van der Waals surface area (Å²) in [5, 5.41) is 0.231. The van der Waals surface area contributed by atoms with Gasteiger partial charge in [0.05, 0.1) is 0 Å². The van der Waals surface area contributed by atoms with Crippen molar-refractivity contribution in [3.05, 3.63) is 0 Å². The van der Waals surface area contributed by atoms with Crippen molar-refractivity contribution in [2.45, 2.75) is 0 Å². The number of hydrogen-bond donors (Lipinski definition) is 4. The van der Waals surface area contributed by atoms with Gasteiger partial charge in [0.1, 0.15) is 0 Å². The second kappa shape index (κ2) is 10.8. The molecule has 0 fully saturated rings. The molecule has 0 aliphatic carbocycles. The van der Waals surface area contributed by atoms with E-state index in [-0.39, 0.29) is 44.7 Å². The van der Waals surface area contributed by atoms with Crippen molar-refractivity contribution in [3.63, 3.8) is 0 Å². The van der Waals surface area contributed by atoms with E-state index in [4.69, 9.17) is 11.7 Å². The van der Waals surface area contributed by atoms with Crippen molar-refractivity contribution >= 4 is 17.3 Å². The van der Waals surface area contributed by atoms with Gasteiger partial charge in [-0.2, -0.15) is 0 Å². The zero-order chi connectivity index (χ0) is 4.99. The minimum atomic E-state index is 0. The molecule has 0 saturated carbocycles. The van der Waals surface area contributed by atoms with Gasteiger partial charge in [0, 0.05) is 39.6 Å². The summed E-state index contributed by atoms with van der Waals surface area (Å²) in [6.07, 6.45) is 0. The Hall–Kier alpha value is 0.883. The molecule has 0 amide bonds. The van der Waals surface area contributed by atoms with Crippen LogP contribution in [0.2, 0.25) is 0 Å². The summed E-state index contributed by atoms with van der Waals surface area (Å²) in [6, 6.07) is 0. The van der Waals surface area contributed by atoms with Gasteiger partial charge in [0.2, 0.25) is 0 Å². The Kier molecular flexibility index (Phi) is 21.5. The Labute approximate surface area is 79.2 Å². The molecule has 52 valence electrons. The molecular weight excluding hydrogens is 481 g/mol. The summed E-state index contributed by atoms with van der Waals surface area (Å²) in [5.41, 5.74) is 4.22. The second-order valence-electron chi connectivity index (χ2n) is 0.618. The van der Waals surface area contributed by atoms with E-state index in [1.54, 1.807) is 0 Å². The van der Waals surface area contributed by atoms with Crippen molar-refractivity contribution in [3.8, 4) is 0 Å². The topological polar surface area (TPSA) is 76.1 Å². The largest absolute Gasteiger partial charge is 0.300 e. The number of rotatable bonds is 0. The molecule has 0 unspecified atom stereocenters. The molecule has 0 atom stereocenters. The first-order chi connectivity index (χ1) is 2.81. The molecule has 4 nitrogen and oxygen atoms in total. The summed E-state index contributed by atoms with van der Waals surface area (Å²) in [6.45, 7) is 0. The van der Waals surface area contributed by atoms with Crippen LogP contribution in [0.4, 0.5) is 0 Å². The molecule has 6 N–H and O–H groups in total. The average Bonchev–Trinajstić information content (AvgIpc) is 1.65. The quantitative estimate of drug-likeness (QED) is 0.185. The van der Waals surface area contributed by atoms with Gasteiger partial charge in [-0.3, -0.25) is 10.9 Å². The predicted octanol–water partition coefficient (Wildman–Crippen LogP) is -1.81. The van der Waals surface area contributed by atoms with Gasteiger partial charge in [-0.1, -0.05) is 0 Å². The molecule has 0 aliphatic rings. The van der Waals surface area contributed by atoms with Crippen LogP contribution in [0.25, 0.3) is 0 Å². The first kappa shape index (κ1) is 15.9. The van der Waals surface area contributed by atoms with Crippen molar-refractivity contribution in [1.82, 2.24) is 10.9 Å². The summed E-state index contributed by atoms with van der Waals surface area (Å²) >= 11 is 4.38. The molecule has 0 aromatic carbocycles. The molecular formula is CH6N4Os2S. The number of nitrogens with two attached hydrogens (primary N) is 2. The Morgan fingerprint density at radius 1 is 1.12 bits per heavy atom. The molecule has 0 heterocycles. The Morgan fingerprint density at radius 3 is 1.38 bits per heavy atom. The van der Waals surface area contributed by atoms with Crippen molar-refractivity contribution in [1.29, 1.82) is 0 Å². The molecule has 7 heteroatoms. The van der Waals surface area contributed by atoms with Crippen LogP contribution in [0.15, 0.2) is 0 Å². The van der Waals surface area contributed by atoms with Crippen LogP contribution in [0.5, 0.6) is 0 Å². The maximum absolute atomic E-state index is 4.75. The van der Waals surface area contributed by atoms with E-state index in [0.29, 0.717) is 0 Å². The van der Waals surface area contributed by atoms with Gasteiger partial charge in [-0.25, -0.2) is 11.7 Å². The first-order valence-corrected chi connectivity index (χ1v) is 1.69. The van der Waals surface area contributed by atoms with Gasteiger partial charge in [-0.05, 0) is 12.2 Å². The fourth-order valence-electron chi connectivity index (χ4n) is 0.0417. The van der Waals surface area contributed by atoms with Gasteiger partial charge in [-0.15, -0.1) is 0 Å². The Balaban J connectivity index is -0.000000125. The molecule has 0 rings (SSSR count). The van der Waals surface area contributed by atoms with Gasteiger partial charge in [0.15, 0.2) is 5.11 Å². The minimum Gasteiger partial charge on any atom is -0.300 e. The van der Waals surface area contributed by atoms with E-state index in [2.05, 4.69) is 23.1 Å². The molecule has 0 spiro atoms. The van der Waals surface area contributed by atoms with E-state index in [9.17, 15) is 0 Å². The van der Waals surface area contributed by atoms with Crippen molar-refractivity contribution in [2.75, 3.05) is 0 Å². The molecule has 0 bridgehead atoms. The van der Waals surface area contributed by atoms with Gasteiger partial charge >= 0.3 is 0 Å². The summed E-state index contributed by atoms with van der Waals surface area (Å²) < 4.78 is 0. The molecule has 0 aromatic rings. The fourth-order valence-corrected chi connectivity index (χ4v) is 0.0417. The number of thiocarbonyl (C=S) groups is 1. The van der Waals surface area contributed by atoms with E-state index >= 15 is 0 Å². The molecule has 0 radical (unpaired) electrons. The number of nitrogens with one attached hydrogen (secondary N) is 2. The van der Waals surface area contributed by atoms with Crippen LogP contribution < -0.4 is 22.5 Å². The third-order valence-electron chi connectivity index (χ3n) is 0.262. The summed E-state index contributed by atoms with van der Waals surface area (Å²) in [5.74, 6) is 9.50. The van der Waals surface area contributed by atoms with E-state index in [0.717, 1.165) is 0 Å². The third kappa shape index (κ3) is 9.99. The Bertz CT molecular complexity index is 52.0. The SMILES string of the molecule is NNC(=S)NN.[Os].[Os]. The smallest absolute Gasteiger partial charge is 0.194 e. The average molecular weight is 487 g/mol. The van der Waals surface area contributed by atoms with Gasteiger partial charge < -0.3 is 0 Å². The van der Waals surface area contributed by atoms with E-state index in [1.165, 1.54) is 0 Å². The van der Waals surface area contributed by atoms with Crippen LogP contribution in [0, 0.1) is 0 Å². The second-order valence-corrected chi connectivity index (χ2v) is 1.03. The maximum Gasteiger partial charge on any atom is 0.194 e. The zero-order valence-electron chi connectivity index (χ0n) is 3.77. The summed E-state index contributed by atoms with van der Waals surface area (Å²) in [4.78, 5) is 0. The zero-order valence-corrected chi connectivity index (χ0v) is 9.67. The fraction of sp³-hybridized carbons (Fsp3) is 0. The summed E-state index contributed by atoms with van der Waals surface area (Å²) in [7, 11) is 0. The van der Waals surface area contributed by atoms with Crippen LogP contribution in [0.1, 0.15) is 0 Å². The van der Waals surface area contributed by atoms with Crippen molar-refractivity contribution < 1.29 is 39.6 Å². The van der Waals surface area contributed by atoms with Gasteiger partial charge in [0.25, 0.3) is 0 Å². The van der Waals surface area contributed by atoms with Crippen LogP contribution in [0.3, 0.4) is 0 Å². The molecule has 0 aromatic heterocycles. The van der Waals surface area contributed by atoms with Crippen LogP contribution >= 0.6 is 12.2 Å². The molecule has 0 aliphatic heterocycles. The number of hydrogen-bond acceptors (Lipinski definition) is 3. The van der Waals surface area contributed by atoms with Crippen LogP contribution in [-0.2, 0) is 39.6 Å². The third-order valence-corrected chi connectivity index (χ3v) is 0.498. The Morgan fingerprint density at radius 2 is 1.38 bits per heavy atom. The van der Waals surface area contributed by atoms with E-state index in [1.807, 2.05) is 0 Å². The monoisotopic (exact) mass is 490 g/mol.